The summed E-state index contributed by atoms with van der Waals surface area (Å²) in [6.07, 6.45) is -2.41. The van der Waals surface area contributed by atoms with Gasteiger partial charge in [0.2, 0.25) is 0 Å². The topological polar surface area (TPSA) is 167 Å². The van der Waals surface area contributed by atoms with E-state index in [-0.39, 0.29) is 11.3 Å². The van der Waals surface area contributed by atoms with Crippen LogP contribution >= 0.6 is 0 Å². The molecule has 36 heavy (non-hydrogen) atoms. The lowest BCUT2D eigenvalue weighted by molar-refractivity contribution is -0.137. The Morgan fingerprint density at radius 2 is 1.36 bits per heavy atom. The molecule has 0 saturated heterocycles. The molecule has 0 bridgehead atoms. The third-order valence-corrected chi connectivity index (χ3v) is 3.68. The minimum Gasteiger partial charge on any atom is -0.480 e. The second-order valence-electron chi connectivity index (χ2n) is 10.8. The smallest absolute Gasteiger partial charge is 0.434 e. The molecule has 200 valence electrons. The molecular formula is C23H34N4O9. The number of nitrogens with zero attached hydrogens (tertiary/aromatic N) is 4. The van der Waals surface area contributed by atoms with Crippen molar-refractivity contribution >= 4 is 35.8 Å². The Labute approximate surface area is 209 Å². The molecular weight excluding hydrogens is 476 g/mol. The van der Waals surface area contributed by atoms with Crippen molar-refractivity contribution in [2.45, 2.75) is 92.6 Å². The minimum atomic E-state index is -1.35. The molecule has 13 heteroatoms. The predicted molar refractivity (Wildman–Crippen MR) is 130 cm³/mol. The molecule has 1 heterocycles. The summed E-state index contributed by atoms with van der Waals surface area (Å²) < 4.78 is 16.5. The Kier molecular flexibility index (Phi) is 9.14. The largest absolute Gasteiger partial charge is 0.480 e. The number of rotatable bonds is 4. The number of carboxylic acids is 1. The summed E-state index contributed by atoms with van der Waals surface area (Å²) in [7, 11) is 0. The second-order valence-corrected chi connectivity index (χ2v) is 10.8. The summed E-state index contributed by atoms with van der Waals surface area (Å²) in [5.74, 6) is -1.91. The molecule has 1 aromatic rings. The van der Waals surface area contributed by atoms with Crippen LogP contribution in [-0.4, -0.2) is 61.4 Å². The molecule has 1 rings (SSSR count). The Morgan fingerprint density at radius 1 is 0.917 bits per heavy atom. The number of hydrogen-bond acceptors (Lipinski definition) is 9. The van der Waals surface area contributed by atoms with E-state index < -0.39 is 59.1 Å². The van der Waals surface area contributed by atoms with Gasteiger partial charge in [-0.25, -0.2) is 19.2 Å². The van der Waals surface area contributed by atoms with Gasteiger partial charge in [-0.2, -0.15) is 14.9 Å². The van der Waals surface area contributed by atoms with Crippen LogP contribution in [0.25, 0.3) is 0 Å². The van der Waals surface area contributed by atoms with E-state index >= 15 is 0 Å². The molecule has 0 saturated carbocycles. The van der Waals surface area contributed by atoms with Crippen LogP contribution in [0, 0.1) is 0 Å². The first-order chi connectivity index (χ1) is 16.1. The fourth-order valence-electron chi connectivity index (χ4n) is 2.51. The molecule has 1 aromatic heterocycles. The van der Waals surface area contributed by atoms with Crippen molar-refractivity contribution < 1.29 is 38.5 Å². The number of aromatic nitrogens is 2. The SMILES string of the molecule is CC(=NC(=O)OC(C)(C)C)c1cn(CC(=O)O)c(=O)nc1N(C(=O)OC(C)(C)C)C(=O)OC(C)(C)C. The van der Waals surface area contributed by atoms with E-state index in [4.69, 9.17) is 19.3 Å². The van der Waals surface area contributed by atoms with Crippen LogP contribution in [0.1, 0.15) is 74.8 Å². The number of amides is 3. The fraction of sp³-hybridized carbons (Fsp3) is 0.609. The lowest BCUT2D eigenvalue weighted by atomic mass is 10.2. The molecule has 0 aliphatic carbocycles. The Bertz CT molecular complexity index is 1090. The van der Waals surface area contributed by atoms with Crippen molar-refractivity contribution in [2.24, 2.45) is 4.99 Å². The molecule has 0 radical (unpaired) electrons. The molecule has 0 aliphatic rings. The molecule has 0 fully saturated rings. The fourth-order valence-corrected chi connectivity index (χ4v) is 2.51. The van der Waals surface area contributed by atoms with Crippen LogP contribution in [0.15, 0.2) is 16.0 Å². The van der Waals surface area contributed by atoms with Crippen LogP contribution in [0.3, 0.4) is 0 Å². The highest BCUT2D eigenvalue weighted by Crippen LogP contribution is 2.24. The number of carbonyl (C=O) groups excluding carboxylic acids is 3. The van der Waals surface area contributed by atoms with Gasteiger partial charge in [-0.15, -0.1) is 0 Å². The van der Waals surface area contributed by atoms with E-state index in [1.807, 2.05) is 0 Å². The van der Waals surface area contributed by atoms with Crippen LogP contribution in [0.2, 0.25) is 0 Å². The highest BCUT2D eigenvalue weighted by atomic mass is 16.6. The van der Waals surface area contributed by atoms with E-state index in [2.05, 4.69) is 9.98 Å². The average Bonchev–Trinajstić information content (AvgIpc) is 2.58. The zero-order valence-electron chi connectivity index (χ0n) is 22.3. The van der Waals surface area contributed by atoms with Crippen molar-refractivity contribution in [3.05, 3.63) is 22.2 Å². The molecule has 1 N–H and O–H groups in total. The highest BCUT2D eigenvalue weighted by molar-refractivity contribution is 6.15. The monoisotopic (exact) mass is 510 g/mol. The minimum absolute atomic E-state index is 0.122. The van der Waals surface area contributed by atoms with Crippen LogP contribution in [0.5, 0.6) is 0 Å². The van der Waals surface area contributed by atoms with Crippen molar-refractivity contribution in [1.29, 1.82) is 0 Å². The van der Waals surface area contributed by atoms with E-state index in [0.717, 1.165) is 10.8 Å². The average molecular weight is 511 g/mol. The molecule has 0 aliphatic heterocycles. The Morgan fingerprint density at radius 3 is 1.75 bits per heavy atom. The van der Waals surface area contributed by atoms with Crippen molar-refractivity contribution in [1.82, 2.24) is 9.55 Å². The third kappa shape index (κ3) is 9.84. The van der Waals surface area contributed by atoms with Gasteiger partial charge in [0, 0.05) is 6.20 Å². The quantitative estimate of drug-likeness (QED) is 0.465. The van der Waals surface area contributed by atoms with Gasteiger partial charge in [-0.05, 0) is 69.2 Å². The number of anilines is 1. The highest BCUT2D eigenvalue weighted by Gasteiger charge is 2.36. The summed E-state index contributed by atoms with van der Waals surface area (Å²) >= 11 is 0. The maximum absolute atomic E-state index is 13.1. The van der Waals surface area contributed by atoms with E-state index in [1.54, 1.807) is 62.3 Å². The first-order valence-electron chi connectivity index (χ1n) is 11.0. The number of aliphatic imine (C=N–C) groups is 1. The number of imide groups is 1. The number of hydrogen-bond donors (Lipinski definition) is 1. The number of carbonyl (C=O) groups is 4. The molecule has 0 aromatic carbocycles. The van der Waals surface area contributed by atoms with Crippen LogP contribution in [0.4, 0.5) is 20.2 Å². The van der Waals surface area contributed by atoms with Gasteiger partial charge in [-0.3, -0.25) is 9.36 Å². The van der Waals surface area contributed by atoms with Crippen LogP contribution in [-0.2, 0) is 25.5 Å². The second kappa shape index (κ2) is 10.9. The van der Waals surface area contributed by atoms with Crippen molar-refractivity contribution in [2.75, 3.05) is 4.90 Å². The first-order valence-corrected chi connectivity index (χ1v) is 11.0. The van der Waals surface area contributed by atoms with Gasteiger partial charge >= 0.3 is 29.9 Å². The molecule has 13 nitrogen and oxygen atoms in total. The van der Waals surface area contributed by atoms with Crippen molar-refractivity contribution in [3.63, 3.8) is 0 Å². The third-order valence-electron chi connectivity index (χ3n) is 3.68. The number of ether oxygens (including phenoxy) is 3. The zero-order chi connectivity index (χ0) is 28.2. The molecule has 0 unspecified atom stereocenters. The van der Waals surface area contributed by atoms with Gasteiger partial charge in [-0.1, -0.05) is 0 Å². The van der Waals surface area contributed by atoms with E-state index in [1.165, 1.54) is 6.92 Å². The summed E-state index contributed by atoms with van der Waals surface area (Å²) in [4.78, 5) is 70.3. The van der Waals surface area contributed by atoms with Crippen molar-refractivity contribution in [3.8, 4) is 0 Å². The summed E-state index contributed by atoms with van der Waals surface area (Å²) in [6.45, 7) is 14.8. The number of aliphatic carboxylic acids is 1. The van der Waals surface area contributed by atoms with Crippen LogP contribution < -0.4 is 10.6 Å². The molecule has 3 amide bonds. The van der Waals surface area contributed by atoms with Gasteiger partial charge in [0.15, 0.2) is 5.82 Å². The Hall–Kier alpha value is -3.77. The first kappa shape index (κ1) is 30.3. The van der Waals surface area contributed by atoms with Gasteiger partial charge in [0.1, 0.15) is 23.3 Å². The lowest BCUT2D eigenvalue weighted by Gasteiger charge is -2.29. The predicted octanol–water partition coefficient (Wildman–Crippen LogP) is 3.75. The zero-order valence-corrected chi connectivity index (χ0v) is 22.3. The van der Waals surface area contributed by atoms with E-state index in [9.17, 15) is 24.0 Å². The number of carboxylic acid groups (broad SMARTS) is 1. The molecule has 0 atom stereocenters. The van der Waals surface area contributed by atoms with Gasteiger partial charge in [0.05, 0.1) is 11.3 Å². The normalized spacial score (nSPS) is 12.6. The van der Waals surface area contributed by atoms with Gasteiger partial charge < -0.3 is 19.3 Å². The van der Waals surface area contributed by atoms with E-state index in [0.29, 0.717) is 4.90 Å². The summed E-state index contributed by atoms with van der Waals surface area (Å²) in [5, 5.41) is 9.15. The summed E-state index contributed by atoms with van der Waals surface area (Å²) in [5.41, 5.74) is -4.35. The maximum Gasteiger partial charge on any atom is 0.434 e. The molecule has 0 spiro atoms. The lowest BCUT2D eigenvalue weighted by Crippen LogP contribution is -2.46. The van der Waals surface area contributed by atoms with Gasteiger partial charge in [0.25, 0.3) is 0 Å². The standard InChI is InChI=1S/C23H34N4O9/c1-13(24-18(31)34-21(2,3)4)14-11-26(12-15(28)29)17(30)25-16(14)27(19(32)35-22(5,6)7)20(33)36-23(8,9)10/h11H,12H2,1-10H3,(H,28,29). The Balaban J connectivity index is 3.87. The summed E-state index contributed by atoms with van der Waals surface area (Å²) in [6, 6.07) is 0. The maximum atomic E-state index is 13.1.